The summed E-state index contributed by atoms with van der Waals surface area (Å²) in [6, 6.07) is 16.5. The van der Waals surface area contributed by atoms with Crippen molar-refractivity contribution < 1.29 is 19.3 Å². The number of rotatable bonds is 4. The summed E-state index contributed by atoms with van der Waals surface area (Å²) in [5.74, 6) is 1.72. The van der Waals surface area contributed by atoms with Crippen LogP contribution in [0.4, 0.5) is 0 Å². The molecule has 2 aromatic carbocycles. The van der Waals surface area contributed by atoms with E-state index in [1.165, 1.54) is 11.1 Å². The molecule has 2 heterocycles. The van der Waals surface area contributed by atoms with Crippen LogP contribution in [0.25, 0.3) is 0 Å². The van der Waals surface area contributed by atoms with E-state index in [4.69, 9.17) is 9.47 Å². The Hall–Kier alpha value is -2.55. The van der Waals surface area contributed by atoms with E-state index in [-0.39, 0.29) is 0 Å². The Labute approximate surface area is 148 Å². The summed E-state index contributed by atoms with van der Waals surface area (Å²) in [5, 5.41) is 9.24. The highest BCUT2D eigenvalue weighted by Crippen LogP contribution is 2.32. The number of fused-ring (bicyclic) bond motifs is 1. The second kappa shape index (κ2) is 7.14. The van der Waals surface area contributed by atoms with Crippen LogP contribution in [-0.2, 0) is 13.1 Å². The summed E-state index contributed by atoms with van der Waals surface area (Å²) in [4.78, 5) is 3.17. The van der Waals surface area contributed by atoms with Gasteiger partial charge in [-0.05, 0) is 24.3 Å². The van der Waals surface area contributed by atoms with Gasteiger partial charge in [0.1, 0.15) is 39.3 Å². The molecule has 2 N–H and O–H groups in total. The summed E-state index contributed by atoms with van der Waals surface area (Å²) in [7, 11) is 0. The first-order valence-corrected chi connectivity index (χ1v) is 8.85. The Bertz CT molecular complexity index is 792. The third-order valence-electron chi connectivity index (χ3n) is 5.13. The first-order valence-electron chi connectivity index (χ1n) is 8.85. The normalized spacial score (nSPS) is 21.7. The molecule has 1 fully saturated rings. The molecule has 2 aliphatic heterocycles. The molecule has 1 saturated heterocycles. The molecule has 0 radical (unpaired) electrons. The zero-order chi connectivity index (χ0) is 17.1. The van der Waals surface area contributed by atoms with Crippen LogP contribution >= 0.6 is 0 Å². The van der Waals surface area contributed by atoms with Gasteiger partial charge in [0.05, 0.1) is 11.6 Å². The molecule has 128 valence electrons. The second-order valence-electron chi connectivity index (χ2n) is 6.81. The molecule has 5 nitrogen and oxygen atoms in total. The largest absolute Gasteiger partial charge is 0.454 e. The van der Waals surface area contributed by atoms with Gasteiger partial charge in [-0.2, -0.15) is 5.26 Å². The lowest BCUT2D eigenvalue weighted by Crippen LogP contribution is -3.27. The number of piperazine rings is 1. The smallest absolute Gasteiger partial charge is 0.231 e. The first kappa shape index (κ1) is 15.9. The van der Waals surface area contributed by atoms with Gasteiger partial charge < -0.3 is 19.3 Å². The third kappa shape index (κ3) is 3.60. The quantitative estimate of drug-likeness (QED) is 0.810. The molecule has 2 aromatic rings. The number of hydrogen-bond donors (Lipinski definition) is 2. The number of ether oxygens (including phenoxy) is 2. The van der Waals surface area contributed by atoms with Gasteiger partial charge in [0.2, 0.25) is 6.79 Å². The maximum atomic E-state index is 9.24. The molecule has 0 atom stereocenters. The van der Waals surface area contributed by atoms with Crippen LogP contribution in [0.2, 0.25) is 0 Å². The van der Waals surface area contributed by atoms with Crippen LogP contribution < -0.4 is 19.3 Å². The monoisotopic (exact) mass is 337 g/mol. The highest BCUT2D eigenvalue weighted by atomic mass is 16.7. The summed E-state index contributed by atoms with van der Waals surface area (Å²) in [6.45, 7) is 6.88. The van der Waals surface area contributed by atoms with Crippen molar-refractivity contribution in [1.82, 2.24) is 0 Å². The molecule has 0 spiro atoms. The fraction of sp³-hybridized carbons (Fsp3) is 0.350. The lowest BCUT2D eigenvalue weighted by molar-refractivity contribution is -1.02. The standard InChI is InChI=1S/C20H21N3O2/c21-12-17-3-1-2-4-18(17)14-23-9-7-22(8-10-23)13-16-5-6-19-20(11-16)25-15-24-19/h1-6,11H,7-10,13-15H2/p+2. The third-order valence-corrected chi connectivity index (χ3v) is 5.13. The van der Waals surface area contributed by atoms with Gasteiger partial charge in [0.25, 0.3) is 0 Å². The molecule has 4 rings (SSSR count). The Balaban J connectivity index is 1.32. The molecule has 0 aliphatic carbocycles. The number of nitrogens with one attached hydrogen (secondary N) is 2. The average molecular weight is 337 g/mol. The van der Waals surface area contributed by atoms with Gasteiger partial charge >= 0.3 is 0 Å². The van der Waals surface area contributed by atoms with Crippen molar-refractivity contribution >= 4 is 0 Å². The summed E-state index contributed by atoms with van der Waals surface area (Å²) < 4.78 is 10.8. The molecule has 0 saturated carbocycles. The van der Waals surface area contributed by atoms with Gasteiger partial charge in [0.15, 0.2) is 11.5 Å². The van der Waals surface area contributed by atoms with E-state index in [1.807, 2.05) is 24.3 Å². The Morgan fingerprint density at radius 2 is 1.60 bits per heavy atom. The topological polar surface area (TPSA) is 51.1 Å². The van der Waals surface area contributed by atoms with Crippen molar-refractivity contribution in [3.63, 3.8) is 0 Å². The van der Waals surface area contributed by atoms with Crippen LogP contribution in [0.3, 0.4) is 0 Å². The minimum Gasteiger partial charge on any atom is -0.454 e. The Morgan fingerprint density at radius 3 is 2.40 bits per heavy atom. The highest BCUT2D eigenvalue weighted by molar-refractivity contribution is 5.44. The molecule has 5 heteroatoms. The van der Waals surface area contributed by atoms with E-state index in [0.717, 1.165) is 56.3 Å². The lowest BCUT2D eigenvalue weighted by atomic mass is 10.1. The molecular formula is C20H23N3O2+2. The van der Waals surface area contributed by atoms with Gasteiger partial charge in [-0.3, -0.25) is 0 Å². The van der Waals surface area contributed by atoms with Crippen molar-refractivity contribution in [1.29, 1.82) is 5.26 Å². The predicted octanol–water partition coefficient (Wildman–Crippen LogP) is -0.229. The fourth-order valence-electron chi connectivity index (χ4n) is 3.70. The van der Waals surface area contributed by atoms with E-state index in [2.05, 4.69) is 24.3 Å². The number of hydrogen-bond acceptors (Lipinski definition) is 3. The van der Waals surface area contributed by atoms with E-state index in [1.54, 1.807) is 9.80 Å². The summed E-state index contributed by atoms with van der Waals surface area (Å²) in [5.41, 5.74) is 3.28. The van der Waals surface area contributed by atoms with Crippen molar-refractivity contribution in [3.05, 3.63) is 59.2 Å². The molecule has 0 amide bonds. The zero-order valence-corrected chi connectivity index (χ0v) is 14.3. The van der Waals surface area contributed by atoms with Gasteiger partial charge in [-0.1, -0.05) is 18.2 Å². The molecule has 0 bridgehead atoms. The highest BCUT2D eigenvalue weighted by Gasteiger charge is 2.24. The minimum absolute atomic E-state index is 0.331. The Kier molecular flexibility index (Phi) is 4.55. The average Bonchev–Trinajstić information content (AvgIpc) is 3.12. The zero-order valence-electron chi connectivity index (χ0n) is 14.3. The fourth-order valence-corrected chi connectivity index (χ4v) is 3.70. The predicted molar refractivity (Wildman–Crippen MR) is 92.5 cm³/mol. The van der Waals surface area contributed by atoms with E-state index >= 15 is 0 Å². The maximum Gasteiger partial charge on any atom is 0.231 e. The summed E-state index contributed by atoms with van der Waals surface area (Å²) in [6.07, 6.45) is 0. The van der Waals surface area contributed by atoms with Gasteiger partial charge in [-0.15, -0.1) is 0 Å². The van der Waals surface area contributed by atoms with Crippen LogP contribution in [0.15, 0.2) is 42.5 Å². The van der Waals surface area contributed by atoms with Crippen LogP contribution in [0.5, 0.6) is 11.5 Å². The van der Waals surface area contributed by atoms with Crippen molar-refractivity contribution in [2.75, 3.05) is 33.0 Å². The van der Waals surface area contributed by atoms with E-state index in [0.29, 0.717) is 6.79 Å². The number of quaternary nitrogens is 2. The molecule has 0 unspecified atom stereocenters. The van der Waals surface area contributed by atoms with E-state index in [9.17, 15) is 5.26 Å². The van der Waals surface area contributed by atoms with Crippen molar-refractivity contribution in [2.24, 2.45) is 0 Å². The minimum atomic E-state index is 0.331. The van der Waals surface area contributed by atoms with Crippen LogP contribution in [-0.4, -0.2) is 33.0 Å². The number of benzene rings is 2. The molecule has 2 aliphatic rings. The summed E-state index contributed by atoms with van der Waals surface area (Å²) >= 11 is 0. The SMILES string of the molecule is N#Cc1ccccc1C[NH+]1CC[NH+](Cc2ccc3c(c2)OCO3)CC1. The van der Waals surface area contributed by atoms with Crippen LogP contribution in [0.1, 0.15) is 16.7 Å². The Morgan fingerprint density at radius 1 is 0.880 bits per heavy atom. The number of nitrogens with zero attached hydrogens (tertiary/aromatic N) is 1. The molecule has 0 aromatic heterocycles. The molecular weight excluding hydrogens is 314 g/mol. The van der Waals surface area contributed by atoms with Gasteiger partial charge in [-0.25, -0.2) is 0 Å². The maximum absolute atomic E-state index is 9.24. The second-order valence-corrected chi connectivity index (χ2v) is 6.81. The number of nitriles is 1. The van der Waals surface area contributed by atoms with E-state index < -0.39 is 0 Å². The van der Waals surface area contributed by atoms with Crippen molar-refractivity contribution in [3.8, 4) is 17.6 Å². The van der Waals surface area contributed by atoms with Crippen molar-refractivity contribution in [2.45, 2.75) is 13.1 Å². The molecule has 25 heavy (non-hydrogen) atoms. The lowest BCUT2D eigenvalue weighted by Gasteiger charge is -2.30. The van der Waals surface area contributed by atoms with Gasteiger partial charge in [0, 0.05) is 11.1 Å². The van der Waals surface area contributed by atoms with Crippen LogP contribution in [0, 0.1) is 11.3 Å². The first-order chi connectivity index (χ1) is 12.3.